The summed E-state index contributed by atoms with van der Waals surface area (Å²) in [5.74, 6) is 1.69. The maximum Gasteiger partial charge on any atom is 0.158 e. The molecule has 4 nitrogen and oxygen atoms in total. The monoisotopic (exact) mass is 460 g/mol. The molecule has 0 aliphatic carbocycles. The molecule has 0 saturated carbocycles. The van der Waals surface area contributed by atoms with Crippen LogP contribution in [0.2, 0.25) is 0 Å². The van der Waals surface area contributed by atoms with Crippen molar-refractivity contribution in [2.75, 3.05) is 11.5 Å². The summed E-state index contributed by atoms with van der Waals surface area (Å²) in [5, 5.41) is 7.11. The van der Waals surface area contributed by atoms with Gasteiger partial charge in [0.1, 0.15) is 0 Å². The molecular weight excluding hydrogens is 412 g/mol. The molecule has 0 aromatic rings. The lowest BCUT2D eigenvalue weighted by Crippen LogP contribution is -2.62. The van der Waals surface area contributed by atoms with Crippen molar-refractivity contribution in [1.82, 2.24) is 10.6 Å². The zero-order chi connectivity index (χ0) is 24.4. The summed E-state index contributed by atoms with van der Waals surface area (Å²) in [6.45, 7) is 28.4. The molecule has 0 aliphatic heterocycles. The molecule has 0 heterocycles. The van der Waals surface area contributed by atoms with E-state index >= 15 is 0 Å². The van der Waals surface area contributed by atoms with E-state index in [1.807, 2.05) is 55.4 Å². The van der Waals surface area contributed by atoms with Gasteiger partial charge in [0.25, 0.3) is 0 Å². The van der Waals surface area contributed by atoms with Gasteiger partial charge in [0.05, 0.1) is 11.1 Å². The largest absolute Gasteiger partial charge is 0.300 e. The number of carbonyl (C=O) groups excluding carboxylic acids is 2. The fourth-order valence-corrected chi connectivity index (χ4v) is 6.91. The van der Waals surface area contributed by atoms with Crippen molar-refractivity contribution < 1.29 is 9.59 Å². The van der Waals surface area contributed by atoms with Crippen LogP contribution in [0.25, 0.3) is 0 Å². The van der Waals surface area contributed by atoms with E-state index in [0.29, 0.717) is 11.5 Å². The first kappa shape index (κ1) is 30.0. The number of carbonyl (C=O) groups is 2. The zero-order valence-corrected chi connectivity index (χ0v) is 23.7. The lowest BCUT2D eigenvalue weighted by molar-refractivity contribution is -0.132. The van der Waals surface area contributed by atoms with Gasteiger partial charge in [-0.15, -0.1) is 0 Å². The van der Waals surface area contributed by atoms with Gasteiger partial charge in [0.2, 0.25) is 0 Å². The van der Waals surface area contributed by atoms with Gasteiger partial charge in [-0.3, -0.25) is 20.2 Å². The minimum atomic E-state index is -0.643. The minimum absolute atomic E-state index is 0.175. The van der Waals surface area contributed by atoms with Crippen LogP contribution in [-0.4, -0.2) is 45.2 Å². The van der Waals surface area contributed by atoms with Gasteiger partial charge in [-0.1, -0.05) is 63.1 Å². The highest BCUT2D eigenvalue weighted by Crippen LogP contribution is 2.36. The highest BCUT2D eigenvalue weighted by molar-refractivity contribution is 8.76. The molecule has 0 saturated heterocycles. The van der Waals surface area contributed by atoms with Crippen molar-refractivity contribution in [3.63, 3.8) is 0 Å². The smallest absolute Gasteiger partial charge is 0.158 e. The highest BCUT2D eigenvalue weighted by Gasteiger charge is 2.44. The van der Waals surface area contributed by atoms with Crippen LogP contribution in [0.4, 0.5) is 0 Å². The molecule has 0 bridgehead atoms. The van der Waals surface area contributed by atoms with Crippen LogP contribution in [0.5, 0.6) is 0 Å². The highest BCUT2D eigenvalue weighted by atomic mass is 33.1. The minimum Gasteiger partial charge on any atom is -0.300 e. The lowest BCUT2D eigenvalue weighted by atomic mass is 9.79. The Morgan fingerprint density at radius 3 is 0.933 bits per heavy atom. The van der Waals surface area contributed by atoms with Crippen LogP contribution < -0.4 is 10.6 Å². The third-order valence-electron chi connectivity index (χ3n) is 4.44. The van der Waals surface area contributed by atoms with Crippen LogP contribution >= 0.6 is 21.6 Å². The number of nitrogens with one attached hydrogen (secondary N) is 2. The average Bonchev–Trinajstić information content (AvgIpc) is 2.45. The number of Topliss-reactive ketones (excluding diaryl/α,β-unsaturated/α-hetero) is 2. The van der Waals surface area contributed by atoms with Crippen LogP contribution in [0.15, 0.2) is 0 Å². The van der Waals surface area contributed by atoms with Crippen molar-refractivity contribution in [2.45, 2.75) is 119 Å². The van der Waals surface area contributed by atoms with Crippen molar-refractivity contribution in [1.29, 1.82) is 0 Å². The summed E-state index contributed by atoms with van der Waals surface area (Å²) in [5.41, 5.74) is -2.49. The second-order valence-electron chi connectivity index (χ2n) is 13.1. The molecule has 2 atom stereocenters. The van der Waals surface area contributed by atoms with Crippen molar-refractivity contribution >= 4 is 33.2 Å². The first-order chi connectivity index (χ1) is 12.9. The maximum absolute atomic E-state index is 13.2. The van der Waals surface area contributed by atoms with Gasteiger partial charge in [-0.2, -0.15) is 0 Å². The van der Waals surface area contributed by atoms with Crippen LogP contribution in [0.3, 0.4) is 0 Å². The van der Waals surface area contributed by atoms with E-state index in [2.05, 4.69) is 52.2 Å². The van der Waals surface area contributed by atoms with E-state index in [0.717, 1.165) is 0 Å². The van der Waals surface area contributed by atoms with Gasteiger partial charge in [-0.05, 0) is 55.4 Å². The van der Waals surface area contributed by atoms with Crippen LogP contribution in [-0.2, 0) is 9.59 Å². The predicted molar refractivity (Wildman–Crippen MR) is 136 cm³/mol. The molecule has 0 aromatic heterocycles. The summed E-state index contributed by atoms with van der Waals surface area (Å²) in [6.07, 6.45) is 0. The standard InChI is InChI=1S/C24H48N2O2S2/c1-19(2,3)17(27)23(13,25-21(7,8)9)15-29-30-16-24(14,26-22(10,11)12)18(28)20(4,5)6/h25-26H,15-16H2,1-14H3. The third-order valence-corrected chi connectivity index (χ3v) is 7.21. The summed E-state index contributed by atoms with van der Waals surface area (Å²) >= 11 is 0. The first-order valence-corrected chi connectivity index (χ1v) is 13.3. The third kappa shape index (κ3) is 10.1. The normalized spacial score (nSPS) is 17.9. The summed E-state index contributed by atoms with van der Waals surface area (Å²) < 4.78 is 0. The van der Waals surface area contributed by atoms with Crippen molar-refractivity contribution in [3.8, 4) is 0 Å². The van der Waals surface area contributed by atoms with Gasteiger partial charge >= 0.3 is 0 Å². The van der Waals surface area contributed by atoms with E-state index in [-0.39, 0.29) is 22.6 Å². The zero-order valence-electron chi connectivity index (χ0n) is 22.0. The first-order valence-electron chi connectivity index (χ1n) is 10.9. The maximum atomic E-state index is 13.2. The SMILES string of the molecule is CC(C)(C)NC(C)(CSSCC(C)(NC(C)(C)C)C(=O)C(C)(C)C)C(=O)C(C)(C)C. The van der Waals surface area contributed by atoms with E-state index in [9.17, 15) is 9.59 Å². The molecule has 0 amide bonds. The molecule has 0 spiro atoms. The number of ketones is 2. The van der Waals surface area contributed by atoms with E-state index in [4.69, 9.17) is 0 Å². The van der Waals surface area contributed by atoms with Gasteiger partial charge < -0.3 is 0 Å². The van der Waals surface area contributed by atoms with E-state index < -0.39 is 21.9 Å². The van der Waals surface area contributed by atoms with E-state index in [1.54, 1.807) is 21.6 Å². The van der Waals surface area contributed by atoms with Gasteiger partial charge in [0.15, 0.2) is 11.6 Å². The summed E-state index contributed by atoms with van der Waals surface area (Å²) in [7, 11) is 3.33. The Labute approximate surface area is 194 Å². The molecule has 30 heavy (non-hydrogen) atoms. The predicted octanol–water partition coefficient (Wildman–Crippen LogP) is 5.89. The molecule has 0 fully saturated rings. The Balaban J connectivity index is 5.45. The Morgan fingerprint density at radius 2 is 0.767 bits per heavy atom. The Hall–Kier alpha value is -0.0400. The Kier molecular flexibility index (Phi) is 9.83. The summed E-state index contributed by atoms with van der Waals surface area (Å²) in [6, 6.07) is 0. The summed E-state index contributed by atoms with van der Waals surface area (Å²) in [4.78, 5) is 26.5. The molecule has 6 heteroatoms. The molecule has 2 N–H and O–H groups in total. The lowest BCUT2D eigenvalue weighted by Gasteiger charge is -2.41. The average molecular weight is 461 g/mol. The van der Waals surface area contributed by atoms with Crippen LogP contribution in [0, 0.1) is 10.8 Å². The van der Waals surface area contributed by atoms with Crippen molar-refractivity contribution in [2.24, 2.45) is 10.8 Å². The molecular formula is C24H48N2O2S2. The molecule has 0 aromatic carbocycles. The second-order valence-corrected chi connectivity index (χ2v) is 15.6. The molecule has 178 valence electrons. The molecule has 2 unspecified atom stereocenters. The molecule has 0 radical (unpaired) electrons. The van der Waals surface area contributed by atoms with Crippen molar-refractivity contribution in [3.05, 3.63) is 0 Å². The molecule has 0 rings (SSSR count). The van der Waals surface area contributed by atoms with E-state index in [1.165, 1.54) is 0 Å². The Morgan fingerprint density at radius 1 is 0.533 bits per heavy atom. The fraction of sp³-hybridized carbons (Fsp3) is 0.917. The quantitative estimate of drug-likeness (QED) is 0.330. The number of hydrogen-bond acceptors (Lipinski definition) is 6. The Bertz CT molecular complexity index is 553. The number of hydrogen-bond donors (Lipinski definition) is 2. The van der Waals surface area contributed by atoms with Crippen LogP contribution in [0.1, 0.15) is 96.9 Å². The fourth-order valence-electron chi connectivity index (χ4n) is 3.95. The van der Waals surface area contributed by atoms with Gasteiger partial charge in [-0.25, -0.2) is 0 Å². The number of rotatable bonds is 9. The molecule has 0 aliphatic rings. The second kappa shape index (κ2) is 9.84. The van der Waals surface area contributed by atoms with Gasteiger partial charge in [0, 0.05) is 33.4 Å². The topological polar surface area (TPSA) is 58.2 Å².